The number of methoxy groups -OCH3 is 1. The highest BCUT2D eigenvalue weighted by atomic mass is 32.2. The number of anilines is 1. The van der Waals surface area contributed by atoms with Gasteiger partial charge in [0.1, 0.15) is 0 Å². The minimum atomic E-state index is -3.51. The van der Waals surface area contributed by atoms with Crippen LogP contribution in [-0.2, 0) is 25.3 Å². The van der Waals surface area contributed by atoms with Gasteiger partial charge < -0.3 is 10.1 Å². The first kappa shape index (κ1) is 22.0. The highest BCUT2D eigenvalue weighted by molar-refractivity contribution is 7.88. The second-order valence-corrected chi connectivity index (χ2v) is 9.41. The number of nitrogens with one attached hydrogen (secondary N) is 1. The van der Waals surface area contributed by atoms with Crippen molar-refractivity contribution in [3.05, 3.63) is 65.2 Å². The molecular weight excluding hydrogens is 404 g/mol. The quantitative estimate of drug-likeness (QED) is 0.712. The Labute approximate surface area is 177 Å². The highest BCUT2D eigenvalue weighted by Gasteiger charge is 2.32. The number of piperidine rings is 1. The molecule has 1 amide bonds. The van der Waals surface area contributed by atoms with E-state index in [2.05, 4.69) is 10.1 Å². The molecular formula is C22H26N2O5S. The van der Waals surface area contributed by atoms with Gasteiger partial charge in [0.15, 0.2) is 0 Å². The zero-order chi connectivity index (χ0) is 21.7. The van der Waals surface area contributed by atoms with Crippen molar-refractivity contribution < 1.29 is 22.7 Å². The molecule has 1 aliphatic rings. The topological polar surface area (TPSA) is 92.8 Å². The van der Waals surface area contributed by atoms with Crippen LogP contribution < -0.4 is 5.32 Å². The number of nitrogens with zero attached hydrogens (tertiary/aromatic N) is 1. The van der Waals surface area contributed by atoms with Crippen LogP contribution in [0.3, 0.4) is 0 Å². The average Bonchev–Trinajstić information content (AvgIpc) is 2.75. The van der Waals surface area contributed by atoms with Crippen molar-refractivity contribution in [3.63, 3.8) is 0 Å². The van der Waals surface area contributed by atoms with Crippen LogP contribution in [0.25, 0.3) is 0 Å². The molecule has 2 aromatic carbocycles. The van der Waals surface area contributed by atoms with Gasteiger partial charge in [0, 0.05) is 18.8 Å². The van der Waals surface area contributed by atoms with Gasteiger partial charge in [-0.2, -0.15) is 0 Å². The van der Waals surface area contributed by atoms with E-state index in [0.29, 0.717) is 30.6 Å². The maximum absolute atomic E-state index is 12.9. The molecule has 30 heavy (non-hydrogen) atoms. The van der Waals surface area contributed by atoms with Crippen molar-refractivity contribution >= 4 is 27.6 Å². The molecule has 0 unspecified atom stereocenters. The van der Waals surface area contributed by atoms with Crippen molar-refractivity contribution in [1.82, 2.24) is 4.31 Å². The second-order valence-electron chi connectivity index (χ2n) is 7.44. The van der Waals surface area contributed by atoms with E-state index in [4.69, 9.17) is 0 Å². The molecule has 1 fully saturated rings. The lowest BCUT2D eigenvalue weighted by Crippen LogP contribution is -2.44. The van der Waals surface area contributed by atoms with Crippen LogP contribution in [0.15, 0.2) is 48.5 Å². The Kier molecular flexibility index (Phi) is 6.89. The number of benzene rings is 2. The number of amides is 1. The summed E-state index contributed by atoms with van der Waals surface area (Å²) in [6.07, 6.45) is 1.26. The zero-order valence-electron chi connectivity index (χ0n) is 17.1. The largest absolute Gasteiger partial charge is 0.465 e. The van der Waals surface area contributed by atoms with Gasteiger partial charge in [-0.25, -0.2) is 17.5 Å². The molecule has 1 saturated heterocycles. The molecule has 0 spiro atoms. The third kappa shape index (κ3) is 5.25. The van der Waals surface area contributed by atoms with Crippen molar-refractivity contribution in [2.24, 2.45) is 5.92 Å². The minimum Gasteiger partial charge on any atom is -0.465 e. The molecule has 7 nitrogen and oxygen atoms in total. The van der Waals surface area contributed by atoms with Gasteiger partial charge in [0.2, 0.25) is 15.9 Å². The standard InChI is InChI=1S/C22H26N2O5S/c1-16-6-3-4-7-19(16)15-30(27,28)24-13-5-8-18(14-24)21(25)23-20-11-9-17(10-12-20)22(26)29-2/h3-4,6-7,9-12,18H,5,8,13-15H2,1-2H3,(H,23,25)/t18-/m1/s1. The number of hydrogen-bond donors (Lipinski definition) is 1. The van der Waals surface area contributed by atoms with Crippen LogP contribution in [0.2, 0.25) is 0 Å². The SMILES string of the molecule is COC(=O)c1ccc(NC(=O)[C@@H]2CCCN(S(=O)(=O)Cc3ccccc3C)C2)cc1. The summed E-state index contributed by atoms with van der Waals surface area (Å²) in [6.45, 7) is 2.48. The van der Waals surface area contributed by atoms with Crippen molar-refractivity contribution in [3.8, 4) is 0 Å². The Balaban J connectivity index is 1.64. The predicted molar refractivity (Wildman–Crippen MR) is 115 cm³/mol. The number of carbonyl (C=O) groups is 2. The molecule has 0 saturated carbocycles. The second kappa shape index (κ2) is 9.40. The lowest BCUT2D eigenvalue weighted by molar-refractivity contribution is -0.120. The number of esters is 1. The number of ether oxygens (including phenoxy) is 1. The number of sulfonamides is 1. The van der Waals surface area contributed by atoms with E-state index in [-0.39, 0.29) is 18.2 Å². The molecule has 3 rings (SSSR count). The lowest BCUT2D eigenvalue weighted by atomic mass is 9.98. The van der Waals surface area contributed by atoms with Gasteiger partial charge in [0.05, 0.1) is 24.3 Å². The van der Waals surface area contributed by atoms with E-state index in [1.807, 2.05) is 31.2 Å². The summed E-state index contributed by atoms with van der Waals surface area (Å²) in [4.78, 5) is 24.2. The number of rotatable bonds is 6. The maximum Gasteiger partial charge on any atom is 0.337 e. The van der Waals surface area contributed by atoms with Crippen LogP contribution in [0.1, 0.15) is 34.3 Å². The summed E-state index contributed by atoms with van der Waals surface area (Å²) >= 11 is 0. The Morgan fingerprint density at radius 1 is 1.13 bits per heavy atom. The van der Waals surface area contributed by atoms with Crippen LogP contribution in [-0.4, -0.2) is 44.8 Å². The van der Waals surface area contributed by atoms with Gasteiger partial charge in [0.25, 0.3) is 0 Å². The van der Waals surface area contributed by atoms with Crippen LogP contribution >= 0.6 is 0 Å². The summed E-state index contributed by atoms with van der Waals surface area (Å²) in [7, 11) is -2.21. The number of aryl methyl sites for hydroxylation is 1. The molecule has 0 aliphatic carbocycles. The highest BCUT2D eigenvalue weighted by Crippen LogP contribution is 2.24. The summed E-state index contributed by atoms with van der Waals surface area (Å²) in [5.41, 5.74) is 2.65. The molecule has 0 radical (unpaired) electrons. The molecule has 1 atom stereocenters. The molecule has 2 aromatic rings. The first-order valence-electron chi connectivity index (χ1n) is 9.82. The Morgan fingerprint density at radius 3 is 2.50 bits per heavy atom. The fourth-order valence-electron chi connectivity index (χ4n) is 3.52. The lowest BCUT2D eigenvalue weighted by Gasteiger charge is -2.31. The summed E-state index contributed by atoms with van der Waals surface area (Å²) in [5, 5.41) is 2.81. The smallest absolute Gasteiger partial charge is 0.337 e. The summed E-state index contributed by atoms with van der Waals surface area (Å²) in [6, 6.07) is 13.8. The molecule has 1 heterocycles. The Hall–Kier alpha value is -2.71. The van der Waals surface area contributed by atoms with Crippen LogP contribution in [0.5, 0.6) is 0 Å². The van der Waals surface area contributed by atoms with Crippen LogP contribution in [0, 0.1) is 12.8 Å². The predicted octanol–water partition coefficient (Wildman–Crippen LogP) is 2.96. The van der Waals surface area contributed by atoms with E-state index in [0.717, 1.165) is 11.1 Å². The molecule has 1 N–H and O–H groups in total. The Bertz CT molecular complexity index is 1020. The fourth-order valence-corrected chi connectivity index (χ4v) is 5.23. The van der Waals surface area contributed by atoms with Crippen LogP contribution in [0.4, 0.5) is 5.69 Å². The van der Waals surface area contributed by atoms with Gasteiger partial charge in [-0.15, -0.1) is 0 Å². The van der Waals surface area contributed by atoms with Crippen molar-refractivity contribution in [1.29, 1.82) is 0 Å². The normalized spacial score (nSPS) is 17.3. The molecule has 1 aliphatic heterocycles. The fraction of sp³-hybridized carbons (Fsp3) is 0.364. The van der Waals surface area contributed by atoms with E-state index in [9.17, 15) is 18.0 Å². The molecule has 0 bridgehead atoms. The van der Waals surface area contributed by atoms with E-state index in [1.54, 1.807) is 24.3 Å². The van der Waals surface area contributed by atoms with Crippen molar-refractivity contribution in [2.75, 3.05) is 25.5 Å². The van der Waals surface area contributed by atoms with E-state index in [1.165, 1.54) is 11.4 Å². The van der Waals surface area contributed by atoms with Crippen molar-refractivity contribution in [2.45, 2.75) is 25.5 Å². The van der Waals surface area contributed by atoms with E-state index < -0.39 is 21.9 Å². The number of carbonyl (C=O) groups excluding carboxylic acids is 2. The first-order chi connectivity index (χ1) is 14.3. The maximum atomic E-state index is 12.9. The monoisotopic (exact) mass is 430 g/mol. The molecule has 160 valence electrons. The van der Waals surface area contributed by atoms with Gasteiger partial charge in [-0.3, -0.25) is 4.79 Å². The summed E-state index contributed by atoms with van der Waals surface area (Å²) < 4.78 is 31.9. The zero-order valence-corrected chi connectivity index (χ0v) is 17.9. The molecule has 8 heteroatoms. The molecule has 0 aromatic heterocycles. The van der Waals surface area contributed by atoms with Gasteiger partial charge >= 0.3 is 5.97 Å². The van der Waals surface area contributed by atoms with E-state index >= 15 is 0 Å². The third-order valence-electron chi connectivity index (χ3n) is 5.32. The van der Waals surface area contributed by atoms with Gasteiger partial charge in [-0.05, 0) is 55.2 Å². The first-order valence-corrected chi connectivity index (χ1v) is 11.4. The number of hydrogen-bond acceptors (Lipinski definition) is 5. The van der Waals surface area contributed by atoms with Gasteiger partial charge in [-0.1, -0.05) is 24.3 Å². The Morgan fingerprint density at radius 2 is 1.83 bits per heavy atom. The average molecular weight is 431 g/mol. The minimum absolute atomic E-state index is 0.0665. The third-order valence-corrected chi connectivity index (χ3v) is 7.12. The summed E-state index contributed by atoms with van der Waals surface area (Å²) in [5.74, 6) is -1.17.